The fraction of sp³-hybridized carbons (Fsp3) is 0.263. The minimum Gasteiger partial charge on any atom is -0.497 e. The molecule has 2 aromatic rings. The first-order valence-corrected chi connectivity index (χ1v) is 8.69. The van der Waals surface area contributed by atoms with Crippen LogP contribution in [-0.2, 0) is 17.0 Å². The van der Waals surface area contributed by atoms with Crippen molar-refractivity contribution in [2.75, 3.05) is 7.11 Å². The van der Waals surface area contributed by atoms with Crippen LogP contribution in [0.5, 0.6) is 5.75 Å². The number of benzene rings is 2. The lowest BCUT2D eigenvalue weighted by Crippen LogP contribution is -2.07. The molecule has 0 fully saturated rings. The van der Waals surface area contributed by atoms with Crippen LogP contribution in [0.3, 0.4) is 0 Å². The van der Waals surface area contributed by atoms with Crippen molar-refractivity contribution < 1.29 is 19.4 Å². The number of hydrogen-bond donors (Lipinski definition) is 1. The maximum atomic E-state index is 11.3. The molecule has 0 aromatic heterocycles. The van der Waals surface area contributed by atoms with E-state index in [1.165, 1.54) is 0 Å². The zero-order valence-electron chi connectivity index (χ0n) is 13.5. The van der Waals surface area contributed by atoms with Crippen molar-refractivity contribution in [3.63, 3.8) is 0 Å². The van der Waals surface area contributed by atoms with E-state index < -0.39 is 5.97 Å². The largest absolute Gasteiger partial charge is 0.497 e. The second kappa shape index (κ2) is 9.13. The minimum atomic E-state index is -0.928. The topological polar surface area (TPSA) is 63.6 Å². The Morgan fingerprint density at radius 1 is 1.12 bits per heavy atom. The van der Waals surface area contributed by atoms with Crippen LogP contribution in [0.2, 0.25) is 0 Å². The molecule has 1 N–H and O–H groups in total. The van der Waals surface area contributed by atoms with Crippen molar-refractivity contribution in [2.45, 2.75) is 23.8 Å². The molecule has 2 rings (SSSR count). The van der Waals surface area contributed by atoms with Crippen LogP contribution in [0.15, 0.2) is 48.5 Å². The number of aromatic carboxylic acids is 1. The molecule has 126 valence electrons. The zero-order chi connectivity index (χ0) is 17.4. The number of methoxy groups -OCH3 is 1. The molecule has 0 amide bonds. The predicted molar refractivity (Wildman–Crippen MR) is 95.9 cm³/mol. The normalized spacial score (nSPS) is 11.7. The van der Waals surface area contributed by atoms with E-state index in [-0.39, 0.29) is 10.8 Å². The molecule has 0 radical (unpaired) electrons. The van der Waals surface area contributed by atoms with E-state index in [0.29, 0.717) is 0 Å². The molecule has 2 aromatic carbocycles. The molecule has 5 heteroatoms. The van der Waals surface area contributed by atoms with Gasteiger partial charge in [0.05, 0.1) is 17.9 Å². The van der Waals surface area contributed by atoms with Gasteiger partial charge >= 0.3 is 5.97 Å². The summed E-state index contributed by atoms with van der Waals surface area (Å²) >= 11 is 1.61. The summed E-state index contributed by atoms with van der Waals surface area (Å²) in [5.41, 5.74) is 2.47. The number of carbonyl (C=O) groups is 2. The van der Waals surface area contributed by atoms with E-state index in [0.717, 1.165) is 41.8 Å². The summed E-state index contributed by atoms with van der Waals surface area (Å²) < 4.78 is 5.13. The summed E-state index contributed by atoms with van der Waals surface area (Å²) in [5.74, 6) is 0.661. The van der Waals surface area contributed by atoms with E-state index in [4.69, 9.17) is 9.84 Å². The van der Waals surface area contributed by atoms with E-state index in [1.54, 1.807) is 43.1 Å². The van der Waals surface area contributed by atoms with Crippen molar-refractivity contribution in [3.8, 4) is 5.75 Å². The van der Waals surface area contributed by atoms with Crippen LogP contribution >= 0.6 is 11.8 Å². The second-order valence-electron chi connectivity index (χ2n) is 5.37. The minimum absolute atomic E-state index is 0.0775. The number of aldehydes is 1. The van der Waals surface area contributed by atoms with E-state index in [9.17, 15) is 9.59 Å². The smallest absolute Gasteiger partial charge is 0.335 e. The standard InChI is InChI=1S/C19H20O4S/c1-23-17-9-4-15(5-10-17)13-24-18(12-20)11-6-14-2-7-16(8-3-14)19(21)22/h2-5,7-10,12,18H,6,11,13H2,1H3,(H,21,22). The van der Waals surface area contributed by atoms with Gasteiger partial charge in [-0.25, -0.2) is 4.79 Å². The molecule has 1 atom stereocenters. The van der Waals surface area contributed by atoms with Gasteiger partial charge < -0.3 is 14.6 Å². The highest BCUT2D eigenvalue weighted by molar-refractivity contribution is 7.99. The summed E-state index contributed by atoms with van der Waals surface area (Å²) in [5, 5.41) is 8.81. The molecular formula is C19H20O4S. The quantitative estimate of drug-likeness (QED) is 0.701. The van der Waals surface area contributed by atoms with Gasteiger partial charge in [0.15, 0.2) is 0 Å². The van der Waals surface area contributed by atoms with Gasteiger partial charge in [-0.1, -0.05) is 24.3 Å². The van der Waals surface area contributed by atoms with E-state index >= 15 is 0 Å². The van der Waals surface area contributed by atoms with Gasteiger partial charge in [-0.15, -0.1) is 11.8 Å². The molecule has 0 saturated heterocycles. The number of rotatable bonds is 9. The third-order valence-corrected chi connectivity index (χ3v) is 4.97. The molecule has 0 aliphatic carbocycles. The Bertz CT molecular complexity index is 665. The van der Waals surface area contributed by atoms with Crippen molar-refractivity contribution in [1.29, 1.82) is 0 Å². The second-order valence-corrected chi connectivity index (χ2v) is 6.60. The molecule has 0 aliphatic rings. The third-order valence-electron chi connectivity index (χ3n) is 3.69. The first-order chi connectivity index (χ1) is 11.6. The lowest BCUT2D eigenvalue weighted by atomic mass is 10.1. The van der Waals surface area contributed by atoms with Gasteiger partial charge in [-0.05, 0) is 48.2 Å². The van der Waals surface area contributed by atoms with Crippen LogP contribution in [0.1, 0.15) is 27.9 Å². The molecule has 0 heterocycles. The molecule has 4 nitrogen and oxygen atoms in total. The number of carboxylic acids is 1. The molecule has 1 unspecified atom stereocenters. The van der Waals surface area contributed by atoms with Crippen molar-refractivity contribution in [2.24, 2.45) is 0 Å². The monoisotopic (exact) mass is 344 g/mol. The summed E-state index contributed by atoms with van der Waals surface area (Å²) in [6.07, 6.45) is 2.47. The maximum Gasteiger partial charge on any atom is 0.335 e. The highest BCUT2D eigenvalue weighted by atomic mass is 32.2. The lowest BCUT2D eigenvalue weighted by molar-refractivity contribution is -0.107. The molecular weight excluding hydrogens is 324 g/mol. The van der Waals surface area contributed by atoms with Gasteiger partial charge in [0.25, 0.3) is 0 Å². The average molecular weight is 344 g/mol. The van der Waals surface area contributed by atoms with Gasteiger partial charge in [-0.3, -0.25) is 0 Å². The molecule has 0 aliphatic heterocycles. The third kappa shape index (κ3) is 5.42. The van der Waals surface area contributed by atoms with Crippen LogP contribution in [0, 0.1) is 0 Å². The summed E-state index contributed by atoms with van der Waals surface area (Å²) in [7, 11) is 1.63. The number of carboxylic acid groups (broad SMARTS) is 1. The fourth-order valence-electron chi connectivity index (χ4n) is 2.24. The summed E-state index contributed by atoms with van der Waals surface area (Å²) in [4.78, 5) is 22.1. The van der Waals surface area contributed by atoms with Crippen LogP contribution < -0.4 is 4.74 Å². The Hall–Kier alpha value is -2.27. The zero-order valence-corrected chi connectivity index (χ0v) is 14.3. The Balaban J connectivity index is 1.82. The number of hydrogen-bond acceptors (Lipinski definition) is 4. The van der Waals surface area contributed by atoms with Crippen LogP contribution in [0.25, 0.3) is 0 Å². The summed E-state index contributed by atoms with van der Waals surface area (Å²) in [6, 6.07) is 14.6. The number of aryl methyl sites for hydroxylation is 1. The average Bonchev–Trinajstić information content (AvgIpc) is 2.62. The Labute approximate surface area is 145 Å². The number of ether oxygens (including phenoxy) is 1. The number of carbonyl (C=O) groups excluding carboxylic acids is 1. The Kier molecular flexibility index (Phi) is 6.88. The first kappa shape index (κ1) is 18.1. The van der Waals surface area contributed by atoms with E-state index in [1.807, 2.05) is 24.3 Å². The van der Waals surface area contributed by atoms with Gasteiger partial charge in [-0.2, -0.15) is 0 Å². The first-order valence-electron chi connectivity index (χ1n) is 7.64. The Morgan fingerprint density at radius 2 is 1.75 bits per heavy atom. The number of thioether (sulfide) groups is 1. The molecule has 0 bridgehead atoms. The molecule has 0 saturated carbocycles. The lowest BCUT2D eigenvalue weighted by Gasteiger charge is -2.11. The van der Waals surface area contributed by atoms with Gasteiger partial charge in [0, 0.05) is 5.75 Å². The molecule has 0 spiro atoms. The molecule has 24 heavy (non-hydrogen) atoms. The highest BCUT2D eigenvalue weighted by Gasteiger charge is 2.09. The SMILES string of the molecule is COc1ccc(CSC(C=O)CCc2ccc(C(=O)O)cc2)cc1. The van der Waals surface area contributed by atoms with Crippen molar-refractivity contribution >= 4 is 24.0 Å². The van der Waals surface area contributed by atoms with Gasteiger partial charge in [0.1, 0.15) is 12.0 Å². The fourth-order valence-corrected chi connectivity index (χ4v) is 3.20. The van der Waals surface area contributed by atoms with E-state index in [2.05, 4.69) is 0 Å². The highest BCUT2D eigenvalue weighted by Crippen LogP contribution is 2.22. The Morgan fingerprint density at radius 3 is 2.29 bits per heavy atom. The van der Waals surface area contributed by atoms with Crippen molar-refractivity contribution in [1.82, 2.24) is 0 Å². The van der Waals surface area contributed by atoms with Crippen molar-refractivity contribution in [3.05, 3.63) is 65.2 Å². The predicted octanol–water partition coefficient (Wildman–Crippen LogP) is 3.83. The van der Waals surface area contributed by atoms with Crippen LogP contribution in [0.4, 0.5) is 0 Å². The van der Waals surface area contributed by atoms with Crippen LogP contribution in [-0.4, -0.2) is 29.7 Å². The van der Waals surface area contributed by atoms with Gasteiger partial charge in [0.2, 0.25) is 0 Å². The summed E-state index contributed by atoms with van der Waals surface area (Å²) in [6.45, 7) is 0. The maximum absolute atomic E-state index is 11.3.